The lowest BCUT2D eigenvalue weighted by molar-refractivity contribution is -0.181. The van der Waals surface area contributed by atoms with E-state index in [1.807, 2.05) is 30.5 Å². The first-order valence-corrected chi connectivity index (χ1v) is 9.02. The summed E-state index contributed by atoms with van der Waals surface area (Å²) >= 11 is 0. The maximum absolute atomic E-state index is 12.9. The summed E-state index contributed by atoms with van der Waals surface area (Å²) in [5, 5.41) is 24.0. The molecule has 4 N–H and O–H groups in total. The van der Waals surface area contributed by atoms with Crippen LogP contribution in [0, 0.1) is 0 Å². The number of aromatic amines is 1. The molecule has 2 unspecified atom stereocenters. The number of phenolic OH excluding ortho intramolecular Hbond substituents is 1. The molecule has 0 saturated carbocycles. The molecule has 144 valence electrons. The van der Waals surface area contributed by atoms with Crippen LogP contribution in [0.2, 0.25) is 0 Å². The van der Waals surface area contributed by atoms with Gasteiger partial charge in [0.15, 0.2) is 0 Å². The SMILES string of the molecule is CN1C(=O)C(Cc2c[nH]c3ccccc23)NC(=O)C1(O)Cc1ccc(O)cc1. The van der Waals surface area contributed by atoms with Crippen molar-refractivity contribution in [2.24, 2.45) is 0 Å². The summed E-state index contributed by atoms with van der Waals surface area (Å²) in [5.74, 6) is -0.884. The van der Waals surface area contributed by atoms with Crippen molar-refractivity contribution in [1.82, 2.24) is 15.2 Å². The number of piperazine rings is 1. The van der Waals surface area contributed by atoms with Gasteiger partial charge in [-0.2, -0.15) is 0 Å². The van der Waals surface area contributed by atoms with Gasteiger partial charge in [-0.15, -0.1) is 0 Å². The Bertz CT molecular complexity index is 1040. The molecule has 0 spiro atoms. The topological polar surface area (TPSA) is 106 Å². The number of rotatable bonds is 4. The van der Waals surface area contributed by atoms with E-state index in [0.717, 1.165) is 21.4 Å². The van der Waals surface area contributed by atoms with Crippen LogP contribution in [0.25, 0.3) is 10.9 Å². The highest BCUT2D eigenvalue weighted by atomic mass is 16.3. The summed E-state index contributed by atoms with van der Waals surface area (Å²) in [6.45, 7) is 0. The fourth-order valence-corrected chi connectivity index (χ4v) is 3.66. The van der Waals surface area contributed by atoms with Gasteiger partial charge in [0, 0.05) is 37.0 Å². The number of aromatic hydroxyl groups is 1. The Morgan fingerprint density at radius 2 is 1.82 bits per heavy atom. The Morgan fingerprint density at radius 1 is 1.11 bits per heavy atom. The number of carbonyl (C=O) groups is 2. The molecular formula is C21H21N3O4. The van der Waals surface area contributed by atoms with Gasteiger partial charge in [-0.25, -0.2) is 0 Å². The zero-order chi connectivity index (χ0) is 19.9. The number of hydrogen-bond donors (Lipinski definition) is 4. The number of aliphatic hydroxyl groups is 1. The molecule has 2 atom stereocenters. The Morgan fingerprint density at radius 3 is 2.57 bits per heavy atom. The zero-order valence-corrected chi connectivity index (χ0v) is 15.3. The summed E-state index contributed by atoms with van der Waals surface area (Å²) in [7, 11) is 1.43. The minimum atomic E-state index is -1.98. The molecule has 3 aromatic rings. The van der Waals surface area contributed by atoms with E-state index in [1.54, 1.807) is 12.1 Å². The average Bonchev–Trinajstić information content (AvgIpc) is 3.10. The summed E-state index contributed by atoms with van der Waals surface area (Å²) in [6.07, 6.45) is 2.09. The third-order valence-electron chi connectivity index (χ3n) is 5.34. The number of para-hydroxylation sites is 1. The number of hydrogen-bond acceptors (Lipinski definition) is 4. The molecule has 2 amide bonds. The number of fused-ring (bicyclic) bond motifs is 1. The number of phenols is 1. The van der Waals surface area contributed by atoms with Gasteiger partial charge in [0.2, 0.25) is 11.6 Å². The van der Waals surface area contributed by atoms with Crippen LogP contribution in [-0.4, -0.2) is 50.7 Å². The Labute approximate surface area is 161 Å². The summed E-state index contributed by atoms with van der Waals surface area (Å²) in [5.41, 5.74) is 0.534. The first-order chi connectivity index (χ1) is 13.4. The predicted octanol–water partition coefficient (Wildman–Crippen LogP) is 1.30. The van der Waals surface area contributed by atoms with Crippen LogP contribution < -0.4 is 5.32 Å². The van der Waals surface area contributed by atoms with Crippen molar-refractivity contribution in [2.45, 2.75) is 24.6 Å². The third kappa shape index (κ3) is 2.99. The number of likely N-dealkylation sites (N-methyl/N-ethyl adjacent to an activating group) is 1. The Kier molecular flexibility index (Phi) is 4.31. The number of nitrogens with one attached hydrogen (secondary N) is 2. The van der Waals surface area contributed by atoms with Crippen LogP contribution in [0.4, 0.5) is 0 Å². The molecule has 1 aromatic heterocycles. The number of carbonyl (C=O) groups excluding carboxylic acids is 2. The number of benzene rings is 2. The first kappa shape index (κ1) is 18.1. The lowest BCUT2D eigenvalue weighted by Gasteiger charge is -2.42. The third-order valence-corrected chi connectivity index (χ3v) is 5.34. The maximum atomic E-state index is 12.9. The molecule has 28 heavy (non-hydrogen) atoms. The van der Waals surface area contributed by atoms with Gasteiger partial charge in [0.05, 0.1) is 0 Å². The van der Waals surface area contributed by atoms with E-state index in [-0.39, 0.29) is 18.1 Å². The van der Waals surface area contributed by atoms with Crippen LogP contribution in [0.5, 0.6) is 5.75 Å². The first-order valence-electron chi connectivity index (χ1n) is 9.02. The van der Waals surface area contributed by atoms with Crippen molar-refractivity contribution in [3.05, 3.63) is 65.9 Å². The van der Waals surface area contributed by atoms with E-state index >= 15 is 0 Å². The van der Waals surface area contributed by atoms with Gasteiger partial charge >= 0.3 is 0 Å². The van der Waals surface area contributed by atoms with Crippen LogP contribution in [0.1, 0.15) is 11.1 Å². The number of aromatic nitrogens is 1. The van der Waals surface area contributed by atoms with Crippen molar-refractivity contribution in [2.75, 3.05) is 7.05 Å². The molecule has 4 rings (SSSR count). The summed E-state index contributed by atoms with van der Waals surface area (Å²) < 4.78 is 0. The van der Waals surface area contributed by atoms with E-state index < -0.39 is 17.7 Å². The van der Waals surface area contributed by atoms with Gasteiger partial charge in [0.25, 0.3) is 5.91 Å². The van der Waals surface area contributed by atoms with Crippen molar-refractivity contribution in [1.29, 1.82) is 0 Å². The van der Waals surface area contributed by atoms with Gasteiger partial charge in [-0.1, -0.05) is 30.3 Å². The molecule has 1 aliphatic heterocycles. The molecule has 2 heterocycles. The maximum Gasteiger partial charge on any atom is 0.274 e. The Hall–Kier alpha value is -3.32. The van der Waals surface area contributed by atoms with Gasteiger partial charge in [-0.05, 0) is 29.3 Å². The van der Waals surface area contributed by atoms with Crippen LogP contribution in [0.15, 0.2) is 54.7 Å². The van der Waals surface area contributed by atoms with E-state index in [4.69, 9.17) is 0 Å². The molecule has 7 nitrogen and oxygen atoms in total. The minimum Gasteiger partial charge on any atom is -0.508 e. The lowest BCUT2D eigenvalue weighted by Crippen LogP contribution is -2.70. The molecular weight excluding hydrogens is 358 g/mol. The van der Waals surface area contributed by atoms with Gasteiger partial charge in [0.1, 0.15) is 11.8 Å². The molecule has 0 aliphatic carbocycles. The second kappa shape index (κ2) is 6.69. The second-order valence-corrected chi connectivity index (χ2v) is 7.15. The predicted molar refractivity (Wildman–Crippen MR) is 103 cm³/mol. The van der Waals surface area contributed by atoms with Crippen molar-refractivity contribution in [3.63, 3.8) is 0 Å². The van der Waals surface area contributed by atoms with Crippen LogP contribution in [-0.2, 0) is 22.4 Å². The van der Waals surface area contributed by atoms with Crippen molar-refractivity contribution in [3.8, 4) is 5.75 Å². The fraction of sp³-hybridized carbons (Fsp3) is 0.238. The second-order valence-electron chi connectivity index (χ2n) is 7.15. The monoisotopic (exact) mass is 379 g/mol. The summed E-state index contributed by atoms with van der Waals surface area (Å²) in [4.78, 5) is 29.9. The number of H-pyrrole nitrogens is 1. The largest absolute Gasteiger partial charge is 0.508 e. The van der Waals surface area contributed by atoms with Crippen LogP contribution in [0.3, 0.4) is 0 Å². The smallest absolute Gasteiger partial charge is 0.274 e. The number of amides is 2. The van der Waals surface area contributed by atoms with Crippen molar-refractivity contribution >= 4 is 22.7 Å². The minimum absolute atomic E-state index is 0.0683. The van der Waals surface area contributed by atoms with Crippen LogP contribution >= 0.6 is 0 Å². The van der Waals surface area contributed by atoms with Gasteiger partial charge < -0.3 is 25.4 Å². The van der Waals surface area contributed by atoms with E-state index in [1.165, 1.54) is 19.2 Å². The van der Waals surface area contributed by atoms with E-state index in [0.29, 0.717) is 12.0 Å². The molecule has 0 bridgehead atoms. The average molecular weight is 379 g/mol. The molecule has 0 radical (unpaired) electrons. The highest BCUT2D eigenvalue weighted by molar-refractivity contribution is 5.99. The molecule has 1 aliphatic rings. The fourth-order valence-electron chi connectivity index (χ4n) is 3.66. The zero-order valence-electron chi connectivity index (χ0n) is 15.3. The standard InChI is InChI=1S/C21H21N3O4/c1-24-19(26)18(10-14-12-22-17-5-3-2-4-16(14)17)23-20(27)21(24,28)11-13-6-8-15(25)9-7-13/h2-9,12,18,22,25,28H,10-11H2,1H3,(H,23,27). The van der Waals surface area contributed by atoms with Crippen molar-refractivity contribution < 1.29 is 19.8 Å². The number of nitrogens with zero attached hydrogens (tertiary/aromatic N) is 1. The highest BCUT2D eigenvalue weighted by Crippen LogP contribution is 2.26. The normalized spacial score (nSPS) is 22.5. The van der Waals surface area contributed by atoms with E-state index in [2.05, 4.69) is 10.3 Å². The highest BCUT2D eigenvalue weighted by Gasteiger charge is 2.49. The molecule has 7 heteroatoms. The van der Waals surface area contributed by atoms with E-state index in [9.17, 15) is 19.8 Å². The molecule has 2 aromatic carbocycles. The Balaban J connectivity index is 1.56. The molecule has 1 fully saturated rings. The summed E-state index contributed by atoms with van der Waals surface area (Å²) in [6, 6.07) is 13.2. The quantitative estimate of drug-likeness (QED) is 0.548. The molecule has 1 saturated heterocycles. The van der Waals surface area contributed by atoms with Gasteiger partial charge in [-0.3, -0.25) is 9.59 Å². The lowest BCUT2D eigenvalue weighted by atomic mass is 9.94.